The van der Waals surface area contributed by atoms with Crippen LogP contribution in [0.25, 0.3) is 0 Å². The molecular weight excluding hydrogens is 318 g/mol. The minimum Gasteiger partial charge on any atom is -0.360 e. The highest BCUT2D eigenvalue weighted by atomic mass is 32.1. The summed E-state index contributed by atoms with van der Waals surface area (Å²) in [6, 6.07) is 4.89. The van der Waals surface area contributed by atoms with E-state index in [0.717, 1.165) is 43.4 Å². The van der Waals surface area contributed by atoms with Crippen molar-refractivity contribution >= 4 is 11.3 Å². The number of nitriles is 1. The highest BCUT2D eigenvalue weighted by Crippen LogP contribution is 2.30. The molecule has 5 heterocycles. The molecule has 2 aromatic heterocycles. The molecule has 3 saturated heterocycles. The minimum atomic E-state index is 0.608. The first-order valence-corrected chi connectivity index (χ1v) is 9.57. The fraction of sp³-hybridized carbons (Fsp3) is 0.556. The number of H-pyrrole nitrogens is 1. The van der Waals surface area contributed by atoms with Gasteiger partial charge in [-0.3, -0.25) is 9.80 Å². The smallest absolute Gasteiger partial charge is 0.101 e. The van der Waals surface area contributed by atoms with Gasteiger partial charge in [-0.25, -0.2) is 4.98 Å². The molecule has 5 rings (SSSR count). The van der Waals surface area contributed by atoms with Crippen molar-refractivity contribution in [1.82, 2.24) is 19.8 Å². The predicted octanol–water partition coefficient (Wildman–Crippen LogP) is 2.75. The molecule has 2 atom stereocenters. The van der Waals surface area contributed by atoms with Gasteiger partial charge in [-0.1, -0.05) is 0 Å². The van der Waals surface area contributed by atoms with Crippen LogP contribution in [0.3, 0.4) is 0 Å². The monoisotopic (exact) mass is 341 g/mol. The first-order valence-electron chi connectivity index (χ1n) is 8.63. The van der Waals surface area contributed by atoms with E-state index in [0.29, 0.717) is 6.04 Å². The molecule has 3 aliphatic rings. The summed E-state index contributed by atoms with van der Waals surface area (Å²) in [5.41, 5.74) is 6.05. The lowest BCUT2D eigenvalue weighted by Gasteiger charge is -2.35. The Morgan fingerprint density at radius 3 is 3.00 bits per heavy atom. The molecule has 0 saturated carbocycles. The second kappa shape index (κ2) is 6.67. The van der Waals surface area contributed by atoms with Crippen molar-refractivity contribution in [3.05, 3.63) is 39.6 Å². The molecule has 0 spiro atoms. The summed E-state index contributed by atoms with van der Waals surface area (Å²) in [6.07, 6.45) is 2.62. The number of aromatic amines is 1. The van der Waals surface area contributed by atoms with E-state index < -0.39 is 0 Å². The summed E-state index contributed by atoms with van der Waals surface area (Å²) in [6.45, 7) is 7.35. The predicted molar refractivity (Wildman–Crippen MR) is 94.6 cm³/mol. The molecule has 0 aromatic carbocycles. The molecule has 0 aliphatic carbocycles. The highest BCUT2D eigenvalue weighted by molar-refractivity contribution is 7.07. The van der Waals surface area contributed by atoms with Crippen LogP contribution < -0.4 is 0 Å². The Morgan fingerprint density at radius 2 is 2.25 bits per heavy atom. The number of fused-ring (bicyclic) bond motifs is 4. The fourth-order valence-electron chi connectivity index (χ4n) is 4.19. The lowest BCUT2D eigenvalue weighted by Crippen LogP contribution is -2.43. The van der Waals surface area contributed by atoms with Crippen LogP contribution in [-0.4, -0.2) is 45.4 Å². The van der Waals surface area contributed by atoms with Crippen LogP contribution in [0.4, 0.5) is 0 Å². The van der Waals surface area contributed by atoms with Gasteiger partial charge >= 0.3 is 0 Å². The number of hydrogen-bond acceptors (Lipinski definition) is 5. The van der Waals surface area contributed by atoms with Gasteiger partial charge in [0.25, 0.3) is 0 Å². The van der Waals surface area contributed by atoms with Crippen LogP contribution in [0.1, 0.15) is 35.5 Å². The van der Waals surface area contributed by atoms with Gasteiger partial charge in [0.1, 0.15) is 6.07 Å². The largest absolute Gasteiger partial charge is 0.360 e. The molecule has 2 aromatic rings. The molecule has 24 heavy (non-hydrogen) atoms. The van der Waals surface area contributed by atoms with Gasteiger partial charge in [0, 0.05) is 55.5 Å². The molecule has 6 heteroatoms. The first-order chi connectivity index (χ1) is 11.7. The van der Waals surface area contributed by atoms with E-state index in [-0.39, 0.29) is 0 Å². The van der Waals surface area contributed by atoms with Crippen LogP contribution in [0.15, 0.2) is 17.0 Å². The highest BCUT2D eigenvalue weighted by Gasteiger charge is 2.35. The lowest BCUT2D eigenvalue weighted by atomic mass is 9.95. The van der Waals surface area contributed by atoms with Gasteiger partial charge in [0.2, 0.25) is 0 Å². The molecule has 0 unspecified atom stereocenters. The quantitative estimate of drug-likeness (QED) is 0.929. The van der Waals surface area contributed by atoms with E-state index in [4.69, 9.17) is 5.26 Å². The molecule has 2 bridgehead atoms. The second-order valence-corrected chi connectivity index (χ2v) is 7.86. The van der Waals surface area contributed by atoms with Crippen LogP contribution in [0, 0.1) is 24.2 Å². The molecular formula is C18H23N5S. The van der Waals surface area contributed by atoms with E-state index >= 15 is 0 Å². The Bertz CT molecular complexity index is 729. The fourth-order valence-corrected chi connectivity index (χ4v) is 4.74. The number of hydrogen-bond donors (Lipinski definition) is 1. The number of aryl methyl sites for hydroxylation is 1. The van der Waals surface area contributed by atoms with Crippen molar-refractivity contribution in [2.45, 2.75) is 38.9 Å². The summed E-state index contributed by atoms with van der Waals surface area (Å²) in [5, 5.41) is 11.3. The van der Waals surface area contributed by atoms with Crippen molar-refractivity contribution in [3.8, 4) is 6.07 Å². The zero-order valence-electron chi connectivity index (χ0n) is 14.0. The Morgan fingerprint density at radius 1 is 1.33 bits per heavy atom. The number of nitrogens with zero attached hydrogens (tertiary/aromatic N) is 4. The van der Waals surface area contributed by atoms with Gasteiger partial charge < -0.3 is 4.98 Å². The average Bonchev–Trinajstić information content (AvgIpc) is 3.10. The van der Waals surface area contributed by atoms with E-state index in [1.54, 1.807) is 11.3 Å². The SMILES string of the molecule is Cc1[nH]c(CN2C[C@H]3CC[C@@H]2CN(Cc2cscn2)C3)cc1C#N. The maximum atomic E-state index is 9.15. The normalized spacial score (nSPS) is 24.8. The summed E-state index contributed by atoms with van der Waals surface area (Å²) in [5.74, 6) is 0.744. The summed E-state index contributed by atoms with van der Waals surface area (Å²) >= 11 is 1.68. The molecule has 3 aliphatic heterocycles. The van der Waals surface area contributed by atoms with Crippen LogP contribution in [0.5, 0.6) is 0 Å². The average molecular weight is 341 g/mol. The van der Waals surface area contributed by atoms with Crippen molar-refractivity contribution < 1.29 is 0 Å². The standard InChI is InChI=1S/C18H23N5S/c1-13-15(5-19)4-16(21-13)9-23-7-14-2-3-18(23)10-22(6-14)8-17-11-24-12-20-17/h4,11-12,14,18,21H,2-3,6-10H2,1H3/t14-,18+/m0/s1. The van der Waals surface area contributed by atoms with Crippen molar-refractivity contribution in [3.63, 3.8) is 0 Å². The van der Waals surface area contributed by atoms with Crippen LogP contribution >= 0.6 is 11.3 Å². The summed E-state index contributed by atoms with van der Waals surface area (Å²) in [7, 11) is 0. The van der Waals surface area contributed by atoms with E-state index in [2.05, 4.69) is 31.2 Å². The van der Waals surface area contributed by atoms with Gasteiger partial charge in [-0.2, -0.15) is 5.26 Å². The number of nitrogens with one attached hydrogen (secondary N) is 1. The first kappa shape index (κ1) is 15.8. The lowest BCUT2D eigenvalue weighted by molar-refractivity contribution is 0.121. The van der Waals surface area contributed by atoms with Crippen LogP contribution in [0.2, 0.25) is 0 Å². The Labute approximate surface area is 146 Å². The summed E-state index contributed by atoms with van der Waals surface area (Å²) in [4.78, 5) is 13.0. The third-order valence-corrected chi connectivity index (χ3v) is 5.97. The van der Waals surface area contributed by atoms with E-state index in [1.807, 2.05) is 18.5 Å². The van der Waals surface area contributed by atoms with Crippen molar-refractivity contribution in [2.75, 3.05) is 19.6 Å². The van der Waals surface area contributed by atoms with E-state index in [1.165, 1.54) is 30.8 Å². The Kier molecular flexibility index (Phi) is 4.40. The van der Waals surface area contributed by atoms with Crippen molar-refractivity contribution in [1.29, 1.82) is 5.26 Å². The molecule has 0 radical (unpaired) electrons. The van der Waals surface area contributed by atoms with Gasteiger partial charge in [-0.15, -0.1) is 11.3 Å². The van der Waals surface area contributed by atoms with Gasteiger partial charge in [0.15, 0.2) is 0 Å². The zero-order chi connectivity index (χ0) is 16.5. The third-order valence-electron chi connectivity index (χ3n) is 5.34. The maximum Gasteiger partial charge on any atom is 0.101 e. The number of piperidine rings is 1. The zero-order valence-corrected chi connectivity index (χ0v) is 14.9. The minimum absolute atomic E-state index is 0.608. The molecule has 3 fully saturated rings. The Balaban J connectivity index is 1.45. The van der Waals surface area contributed by atoms with Crippen LogP contribution in [-0.2, 0) is 13.1 Å². The van der Waals surface area contributed by atoms with Gasteiger partial charge in [-0.05, 0) is 31.7 Å². The Hall–Kier alpha value is -1.68. The number of thiazole rings is 1. The maximum absolute atomic E-state index is 9.15. The molecule has 5 nitrogen and oxygen atoms in total. The number of aromatic nitrogens is 2. The van der Waals surface area contributed by atoms with E-state index in [9.17, 15) is 0 Å². The second-order valence-electron chi connectivity index (χ2n) is 7.15. The summed E-state index contributed by atoms with van der Waals surface area (Å²) < 4.78 is 0. The molecule has 1 N–H and O–H groups in total. The molecule has 126 valence electrons. The van der Waals surface area contributed by atoms with Gasteiger partial charge in [0.05, 0.1) is 16.8 Å². The molecule has 0 amide bonds. The van der Waals surface area contributed by atoms with Crippen molar-refractivity contribution in [2.24, 2.45) is 5.92 Å². The number of rotatable bonds is 4. The third kappa shape index (κ3) is 3.25. The topological polar surface area (TPSA) is 59.0 Å².